The number of likely N-dealkylation sites (N-methyl/N-ethyl adjacent to an activating group) is 1. The second kappa shape index (κ2) is 27.0. The highest BCUT2D eigenvalue weighted by atomic mass is 19.1. The zero-order chi connectivity index (χ0) is 53.3. The molecule has 0 bridgehead atoms. The number of amidine groups is 2. The largest absolute Gasteiger partial charge is 0.494 e. The number of anilines is 2. The molecule has 2 fully saturated rings. The summed E-state index contributed by atoms with van der Waals surface area (Å²) < 4.78 is 38.2. The molecule has 2 saturated heterocycles. The van der Waals surface area contributed by atoms with Crippen LogP contribution in [0.25, 0.3) is 0 Å². The van der Waals surface area contributed by atoms with Crippen LogP contribution in [0.2, 0.25) is 0 Å². The highest BCUT2D eigenvalue weighted by Crippen LogP contribution is 2.33. The van der Waals surface area contributed by atoms with E-state index in [-0.39, 0.29) is 78.8 Å². The molecule has 75 heavy (non-hydrogen) atoms. The molecular weight excluding hydrogens is 970 g/mol. The third-order valence-electron chi connectivity index (χ3n) is 13.0. The van der Waals surface area contributed by atoms with Crippen molar-refractivity contribution in [1.82, 2.24) is 35.3 Å². The predicted octanol–water partition coefficient (Wildman–Crippen LogP) is 4.58. The lowest BCUT2D eigenvalue weighted by Crippen LogP contribution is -2.54. The molecule has 3 aliphatic heterocycles. The molecule has 2 atom stereocenters. The minimum atomic E-state index is -1.14. The van der Waals surface area contributed by atoms with Crippen LogP contribution in [0.3, 0.4) is 0 Å². The summed E-state index contributed by atoms with van der Waals surface area (Å²) in [4.78, 5) is 89.8. The maximum absolute atomic E-state index is 15.3. The molecule has 4 heterocycles. The number of nitrogens with one attached hydrogen (secondary N) is 5. The Morgan fingerprint density at radius 1 is 0.840 bits per heavy atom. The summed E-state index contributed by atoms with van der Waals surface area (Å²) in [7, 11) is 1.63. The van der Waals surface area contributed by atoms with E-state index in [9.17, 15) is 28.8 Å². The van der Waals surface area contributed by atoms with Crippen LogP contribution in [0, 0.1) is 16.6 Å². The molecule has 21 nitrogen and oxygen atoms in total. The molecule has 4 aromatic rings. The Morgan fingerprint density at radius 3 is 2.21 bits per heavy atom. The van der Waals surface area contributed by atoms with Crippen LogP contribution in [0.5, 0.6) is 5.75 Å². The van der Waals surface area contributed by atoms with Crippen molar-refractivity contribution in [1.29, 1.82) is 10.8 Å². The Morgan fingerprint density at radius 2 is 1.52 bits per heavy atom. The fourth-order valence-corrected chi connectivity index (χ4v) is 8.66. The van der Waals surface area contributed by atoms with E-state index in [2.05, 4.69) is 25.9 Å². The molecule has 3 aliphatic rings. The first-order chi connectivity index (χ1) is 36.3. The smallest absolute Gasteiger partial charge is 0.262 e. The number of amides is 6. The summed E-state index contributed by atoms with van der Waals surface area (Å²) in [6.07, 6.45) is 6.91. The highest BCUT2D eigenvalue weighted by molar-refractivity contribution is 6.23. The summed E-state index contributed by atoms with van der Waals surface area (Å²) in [5.74, 6) is -2.73. The number of hydrogen-bond acceptors (Lipinski definition) is 16. The van der Waals surface area contributed by atoms with Crippen molar-refractivity contribution >= 4 is 58.5 Å². The lowest BCUT2D eigenvalue weighted by atomic mass is 10.0. The number of benzene rings is 3. The van der Waals surface area contributed by atoms with Gasteiger partial charge in [-0.2, -0.15) is 0 Å². The minimum Gasteiger partial charge on any atom is -0.494 e. The minimum absolute atomic E-state index is 0.00387. The van der Waals surface area contributed by atoms with E-state index in [1.54, 1.807) is 47.3 Å². The SMILES string of the molecule is C[C@@H](NC(=O)c1cccc(NCC(=N)N(C)C(=N)c2ccncn2)c1)c1ccc(OCCCCCCOCCOCCOCCC(=O)N2CCN(c3cc4c(cc3F)C(=O)N(C3CCC(=O)NC3=O)C4=O)CC2)cc1. The van der Waals surface area contributed by atoms with Crippen LogP contribution in [-0.4, -0.2) is 164 Å². The van der Waals surface area contributed by atoms with Gasteiger partial charge in [0.1, 0.15) is 35.5 Å². The number of carbonyl (C=O) groups excluding carboxylic acids is 6. The average molecular weight is 1030 g/mol. The highest BCUT2D eigenvalue weighted by Gasteiger charge is 2.45. The number of ether oxygens (including phenoxy) is 4. The van der Waals surface area contributed by atoms with Crippen molar-refractivity contribution in [2.45, 2.75) is 64.0 Å². The molecular formula is C53H64FN11O10. The van der Waals surface area contributed by atoms with Gasteiger partial charge in [-0.25, -0.2) is 14.4 Å². The van der Waals surface area contributed by atoms with Crippen molar-refractivity contribution < 1.29 is 52.1 Å². The molecule has 7 rings (SSSR count). The van der Waals surface area contributed by atoms with Crippen molar-refractivity contribution in [3.05, 3.63) is 113 Å². The van der Waals surface area contributed by atoms with E-state index in [0.717, 1.165) is 48.0 Å². The average Bonchev–Trinajstić information content (AvgIpc) is 3.67. The van der Waals surface area contributed by atoms with Gasteiger partial charge in [-0.05, 0) is 86.7 Å². The Balaban J connectivity index is 0.666. The number of unbranched alkanes of at least 4 members (excludes halogenated alkanes) is 3. The standard InChI is InChI=1S/C53H64FN11O10/c1-35(60-50(68)37-8-7-9-38(30-37)58-33-46(55)62(2)49(56)43-16-18-57-34-59-43)36-10-12-39(13-11-36)75-24-6-4-3-5-23-72-26-28-74-29-27-73-25-17-48(67)64-21-19-63(20-22-64)45-32-41-40(31-42(45)54)52(70)65(53(41)71)44-14-15-47(66)61-51(44)69/h7-13,16,18,30-32,34-35,44,55-56,58H,3-6,14-15,17,19-29,33H2,1-2H3,(H,60,68)(H,61,66,69)/t35-,44?/m1/s1. The predicted molar refractivity (Wildman–Crippen MR) is 275 cm³/mol. The molecule has 3 aromatic carbocycles. The third-order valence-corrected chi connectivity index (χ3v) is 13.0. The van der Waals surface area contributed by atoms with Crippen LogP contribution in [0.4, 0.5) is 15.8 Å². The van der Waals surface area contributed by atoms with Gasteiger partial charge in [0, 0.05) is 63.7 Å². The van der Waals surface area contributed by atoms with E-state index in [1.807, 2.05) is 37.3 Å². The first-order valence-corrected chi connectivity index (χ1v) is 25.1. The monoisotopic (exact) mass is 1030 g/mol. The van der Waals surface area contributed by atoms with Crippen molar-refractivity contribution in [2.24, 2.45) is 0 Å². The van der Waals surface area contributed by atoms with Gasteiger partial charge in [0.15, 0.2) is 5.84 Å². The maximum Gasteiger partial charge on any atom is 0.262 e. The van der Waals surface area contributed by atoms with Gasteiger partial charge < -0.3 is 44.3 Å². The number of piperidine rings is 1. The van der Waals surface area contributed by atoms with E-state index in [0.29, 0.717) is 82.8 Å². The first-order valence-electron chi connectivity index (χ1n) is 25.1. The van der Waals surface area contributed by atoms with Crippen LogP contribution in [0.1, 0.15) is 100 Å². The summed E-state index contributed by atoms with van der Waals surface area (Å²) >= 11 is 0. The summed E-state index contributed by atoms with van der Waals surface area (Å²) in [5, 5.41) is 25.1. The molecule has 5 N–H and O–H groups in total. The van der Waals surface area contributed by atoms with E-state index >= 15 is 4.39 Å². The van der Waals surface area contributed by atoms with Crippen LogP contribution in [-0.2, 0) is 28.6 Å². The van der Waals surface area contributed by atoms with Gasteiger partial charge in [0.2, 0.25) is 17.7 Å². The number of carbonyl (C=O) groups is 6. The zero-order valence-corrected chi connectivity index (χ0v) is 42.2. The number of piperazine rings is 1. The van der Waals surface area contributed by atoms with Gasteiger partial charge in [-0.1, -0.05) is 24.6 Å². The van der Waals surface area contributed by atoms with E-state index < -0.39 is 35.5 Å². The van der Waals surface area contributed by atoms with Gasteiger partial charge in [0.05, 0.1) is 75.5 Å². The molecule has 1 unspecified atom stereocenters. The van der Waals surface area contributed by atoms with Crippen LogP contribution in [0.15, 0.2) is 79.3 Å². The molecule has 0 spiro atoms. The summed E-state index contributed by atoms with van der Waals surface area (Å²) in [6.45, 7) is 6.39. The molecule has 22 heteroatoms. The van der Waals surface area contributed by atoms with Gasteiger partial charge in [0.25, 0.3) is 17.7 Å². The van der Waals surface area contributed by atoms with E-state index in [1.165, 1.54) is 17.3 Å². The third kappa shape index (κ3) is 15.0. The molecule has 6 amide bonds. The maximum atomic E-state index is 15.3. The second-order valence-electron chi connectivity index (χ2n) is 18.2. The number of imide groups is 2. The zero-order valence-electron chi connectivity index (χ0n) is 42.2. The number of rotatable bonds is 26. The van der Waals surface area contributed by atoms with Gasteiger partial charge in [-0.15, -0.1) is 0 Å². The fourth-order valence-electron chi connectivity index (χ4n) is 8.66. The number of halogens is 1. The molecule has 398 valence electrons. The normalized spacial score (nSPS) is 15.8. The molecule has 0 radical (unpaired) electrons. The molecule has 1 aromatic heterocycles. The van der Waals surface area contributed by atoms with Gasteiger partial charge >= 0.3 is 0 Å². The van der Waals surface area contributed by atoms with Crippen LogP contribution >= 0.6 is 0 Å². The van der Waals surface area contributed by atoms with Gasteiger partial charge in [-0.3, -0.25) is 49.8 Å². The van der Waals surface area contributed by atoms with Crippen molar-refractivity contribution in [3.63, 3.8) is 0 Å². The number of fused-ring (bicyclic) bond motifs is 1. The van der Waals surface area contributed by atoms with Crippen molar-refractivity contribution in [3.8, 4) is 5.75 Å². The lowest BCUT2D eigenvalue weighted by Gasteiger charge is -2.36. The number of hydrogen-bond donors (Lipinski definition) is 5. The number of aromatic nitrogens is 2. The van der Waals surface area contributed by atoms with Crippen LogP contribution < -0.4 is 25.6 Å². The molecule has 0 saturated carbocycles. The second-order valence-corrected chi connectivity index (χ2v) is 18.2. The fraction of sp³-hybridized carbons (Fsp3) is 0.434. The number of nitrogens with zero attached hydrogens (tertiary/aromatic N) is 6. The quantitative estimate of drug-likeness (QED) is 0.0250. The summed E-state index contributed by atoms with van der Waals surface area (Å²) in [5.41, 5.74) is 2.49. The summed E-state index contributed by atoms with van der Waals surface area (Å²) in [6, 6.07) is 17.3. The van der Waals surface area contributed by atoms with E-state index in [4.69, 9.17) is 29.8 Å². The lowest BCUT2D eigenvalue weighted by molar-refractivity contribution is -0.136. The Bertz CT molecular complexity index is 2690. The topological polar surface area (TPSA) is 262 Å². The molecule has 0 aliphatic carbocycles. The Labute approximate surface area is 434 Å². The Hall–Kier alpha value is -7.69. The first kappa shape index (κ1) is 55.1. The van der Waals surface area contributed by atoms with Crippen molar-refractivity contribution in [2.75, 3.05) is 96.2 Å². The Kier molecular flexibility index (Phi) is 19.8.